The van der Waals surface area contributed by atoms with Gasteiger partial charge in [0, 0.05) is 22.8 Å². The predicted molar refractivity (Wildman–Crippen MR) is 67.9 cm³/mol. The first-order valence-electron chi connectivity index (χ1n) is 5.05. The second-order valence-electron chi connectivity index (χ2n) is 3.77. The Morgan fingerprint density at radius 2 is 2.16 bits per heavy atom. The number of carbonyl (C=O) groups is 1. The van der Waals surface area contributed by atoms with E-state index in [-0.39, 0.29) is 26.8 Å². The van der Waals surface area contributed by atoms with Gasteiger partial charge in [0.15, 0.2) is 0 Å². The fourth-order valence-electron chi connectivity index (χ4n) is 1.75. The number of aromatic nitrogens is 3. The molecule has 10 heteroatoms. The van der Waals surface area contributed by atoms with Gasteiger partial charge in [-0.15, -0.1) is 5.10 Å². The number of aromatic amines is 1. The van der Waals surface area contributed by atoms with Gasteiger partial charge in [-0.25, -0.2) is 13.2 Å². The smallest absolute Gasteiger partial charge is 0.352 e. The van der Waals surface area contributed by atoms with Crippen LogP contribution in [0.5, 0.6) is 0 Å². The molecule has 102 valence electrons. The fourth-order valence-corrected chi connectivity index (χ4v) is 3.88. The monoisotopic (exact) mass is 302 g/mol. The summed E-state index contributed by atoms with van der Waals surface area (Å²) in [6.07, 6.45) is 1.28. The molecule has 0 aliphatic carbocycles. The number of carboxylic acids is 1. The fraction of sp³-hybridized carbons (Fsp3) is 0.222. The Morgan fingerprint density at radius 3 is 2.63 bits per heavy atom. The molecule has 8 nitrogen and oxygen atoms in total. The first-order valence-corrected chi connectivity index (χ1v) is 7.31. The summed E-state index contributed by atoms with van der Waals surface area (Å²) in [6, 6.07) is 0. The van der Waals surface area contributed by atoms with Crippen LogP contribution in [0, 0.1) is 13.8 Å². The lowest BCUT2D eigenvalue weighted by Crippen LogP contribution is -2.14. The van der Waals surface area contributed by atoms with Crippen LogP contribution in [0.2, 0.25) is 0 Å². The van der Waals surface area contributed by atoms with Gasteiger partial charge in [0.25, 0.3) is 10.0 Å². The van der Waals surface area contributed by atoms with Gasteiger partial charge in [-0.05, 0) is 13.8 Å². The van der Waals surface area contributed by atoms with E-state index in [9.17, 15) is 13.2 Å². The van der Waals surface area contributed by atoms with Crippen LogP contribution in [0.15, 0.2) is 11.1 Å². The van der Waals surface area contributed by atoms with E-state index in [4.69, 9.17) is 5.11 Å². The van der Waals surface area contributed by atoms with Crippen molar-refractivity contribution in [2.24, 2.45) is 0 Å². The molecule has 0 aliphatic heterocycles. The number of H-pyrrole nitrogens is 1. The molecule has 0 saturated carbocycles. The molecular formula is C9H10N4O4S2. The van der Waals surface area contributed by atoms with E-state index >= 15 is 0 Å². The van der Waals surface area contributed by atoms with Gasteiger partial charge in [0.2, 0.25) is 0 Å². The van der Waals surface area contributed by atoms with Gasteiger partial charge in [0.1, 0.15) is 15.6 Å². The standard InChI is InChI=1S/C9H10N4O4S2/c1-4-7(9(14)15)11-5(2)8(4)19(16,17)12-6-3-10-13-18-6/h3,11-12H,1-2H3,(H,14,15). The van der Waals surface area contributed by atoms with Crippen molar-refractivity contribution in [2.75, 3.05) is 4.72 Å². The van der Waals surface area contributed by atoms with Gasteiger partial charge >= 0.3 is 5.97 Å². The number of rotatable bonds is 4. The molecule has 0 spiro atoms. The lowest BCUT2D eigenvalue weighted by Gasteiger charge is -2.05. The van der Waals surface area contributed by atoms with Gasteiger partial charge in [0.05, 0.1) is 6.20 Å². The minimum Gasteiger partial charge on any atom is -0.477 e. The third kappa shape index (κ3) is 2.44. The molecule has 0 bridgehead atoms. The number of nitrogens with zero attached hydrogens (tertiary/aromatic N) is 2. The molecule has 2 aromatic rings. The quantitative estimate of drug-likeness (QED) is 0.773. The third-order valence-electron chi connectivity index (χ3n) is 2.45. The number of anilines is 1. The predicted octanol–water partition coefficient (Wildman–Crippen LogP) is 0.982. The van der Waals surface area contributed by atoms with E-state index in [1.54, 1.807) is 0 Å². The van der Waals surface area contributed by atoms with E-state index in [0.29, 0.717) is 0 Å². The maximum Gasteiger partial charge on any atom is 0.352 e. The number of carboxylic acid groups (broad SMARTS) is 1. The summed E-state index contributed by atoms with van der Waals surface area (Å²) in [7, 11) is -3.87. The minimum absolute atomic E-state index is 0.0710. The van der Waals surface area contributed by atoms with Crippen molar-refractivity contribution >= 4 is 32.5 Å². The molecule has 0 aromatic carbocycles. The number of sulfonamides is 1. The summed E-state index contributed by atoms with van der Waals surface area (Å²) < 4.78 is 30.3. The second-order valence-corrected chi connectivity index (χ2v) is 6.18. The normalized spacial score (nSPS) is 11.5. The number of aryl methyl sites for hydroxylation is 1. The summed E-state index contributed by atoms with van der Waals surface area (Å²) in [5, 5.41) is 12.7. The third-order valence-corrected chi connectivity index (χ3v) is 4.80. The van der Waals surface area contributed by atoms with Crippen molar-refractivity contribution in [2.45, 2.75) is 18.7 Å². The molecule has 2 rings (SSSR count). The molecule has 2 aromatic heterocycles. The molecule has 0 aliphatic rings. The average Bonchev–Trinajstić information content (AvgIpc) is 2.86. The Kier molecular flexibility index (Phi) is 3.28. The molecule has 0 saturated heterocycles. The first kappa shape index (κ1) is 13.5. The van der Waals surface area contributed by atoms with Crippen LogP contribution < -0.4 is 4.72 Å². The largest absolute Gasteiger partial charge is 0.477 e. The zero-order valence-electron chi connectivity index (χ0n) is 9.96. The summed E-state index contributed by atoms with van der Waals surface area (Å²) in [6.45, 7) is 2.94. The van der Waals surface area contributed by atoms with Gasteiger partial charge in [-0.2, -0.15) is 0 Å². The van der Waals surface area contributed by atoms with Crippen LogP contribution in [-0.2, 0) is 10.0 Å². The van der Waals surface area contributed by atoms with E-state index in [0.717, 1.165) is 11.5 Å². The van der Waals surface area contributed by atoms with Gasteiger partial charge in [-0.1, -0.05) is 4.49 Å². The van der Waals surface area contributed by atoms with Crippen LogP contribution in [0.3, 0.4) is 0 Å². The number of nitrogens with one attached hydrogen (secondary N) is 2. The SMILES string of the molecule is Cc1[nH]c(C(=O)O)c(C)c1S(=O)(=O)Nc1cnns1. The van der Waals surface area contributed by atoms with Crippen molar-refractivity contribution in [3.8, 4) is 0 Å². The Labute approximate surface area is 112 Å². The number of hydrogen-bond donors (Lipinski definition) is 3. The van der Waals surface area contributed by atoms with E-state index in [1.807, 2.05) is 0 Å². The molecule has 0 unspecified atom stereocenters. The van der Waals surface area contributed by atoms with E-state index in [2.05, 4.69) is 19.3 Å². The summed E-state index contributed by atoms with van der Waals surface area (Å²) in [5.41, 5.74) is 0.287. The maximum absolute atomic E-state index is 12.2. The molecule has 0 atom stereocenters. The van der Waals surface area contributed by atoms with Crippen molar-refractivity contribution in [1.82, 2.24) is 14.6 Å². The van der Waals surface area contributed by atoms with Gasteiger partial charge < -0.3 is 10.1 Å². The van der Waals surface area contributed by atoms with Crippen LogP contribution in [-0.4, -0.2) is 34.1 Å². The highest BCUT2D eigenvalue weighted by Gasteiger charge is 2.26. The molecule has 2 heterocycles. The van der Waals surface area contributed by atoms with E-state index in [1.165, 1.54) is 20.0 Å². The number of aromatic carboxylic acids is 1. The van der Waals surface area contributed by atoms with Crippen LogP contribution in [0.25, 0.3) is 0 Å². The lowest BCUT2D eigenvalue weighted by atomic mass is 10.2. The molecular weight excluding hydrogens is 292 g/mol. The van der Waals surface area contributed by atoms with E-state index < -0.39 is 16.0 Å². The lowest BCUT2D eigenvalue weighted by molar-refractivity contribution is 0.0690. The highest BCUT2D eigenvalue weighted by molar-refractivity contribution is 7.93. The number of hydrogen-bond acceptors (Lipinski definition) is 6. The Hall–Kier alpha value is -1.94. The summed E-state index contributed by atoms with van der Waals surface area (Å²) >= 11 is 0.891. The van der Waals surface area contributed by atoms with Crippen molar-refractivity contribution in [3.63, 3.8) is 0 Å². The van der Waals surface area contributed by atoms with Crippen LogP contribution in [0.1, 0.15) is 21.7 Å². The highest BCUT2D eigenvalue weighted by atomic mass is 32.2. The summed E-state index contributed by atoms with van der Waals surface area (Å²) in [4.78, 5) is 13.4. The Morgan fingerprint density at radius 1 is 1.47 bits per heavy atom. The van der Waals surface area contributed by atoms with Crippen molar-refractivity contribution in [3.05, 3.63) is 23.1 Å². The maximum atomic E-state index is 12.2. The average molecular weight is 302 g/mol. The van der Waals surface area contributed by atoms with Crippen molar-refractivity contribution < 1.29 is 18.3 Å². The van der Waals surface area contributed by atoms with Crippen LogP contribution in [0.4, 0.5) is 5.00 Å². The molecule has 0 fully saturated rings. The van der Waals surface area contributed by atoms with Gasteiger partial charge in [-0.3, -0.25) is 4.72 Å². The zero-order chi connectivity index (χ0) is 14.2. The van der Waals surface area contributed by atoms with Crippen LogP contribution >= 0.6 is 11.5 Å². The molecule has 0 amide bonds. The highest BCUT2D eigenvalue weighted by Crippen LogP contribution is 2.26. The molecule has 19 heavy (non-hydrogen) atoms. The Balaban J connectivity index is 2.49. The zero-order valence-corrected chi connectivity index (χ0v) is 11.6. The molecule has 3 N–H and O–H groups in total. The molecule has 0 radical (unpaired) electrons. The minimum atomic E-state index is -3.87. The first-order chi connectivity index (χ1) is 8.83. The van der Waals surface area contributed by atoms with Crippen molar-refractivity contribution in [1.29, 1.82) is 0 Å². The summed E-state index contributed by atoms with van der Waals surface area (Å²) in [5.74, 6) is -1.21. The topological polar surface area (TPSA) is 125 Å². The Bertz CT molecular complexity index is 718. The second kappa shape index (κ2) is 4.63.